The smallest absolute Gasteiger partial charge is 0.335 e. The largest absolute Gasteiger partial charge is 0.478 e. The highest BCUT2D eigenvalue weighted by Gasteiger charge is 2.46. The Morgan fingerprint density at radius 2 is 1.75 bits per heavy atom. The molecule has 1 saturated carbocycles. The van der Waals surface area contributed by atoms with Crippen molar-refractivity contribution in [3.05, 3.63) is 59.7 Å². The summed E-state index contributed by atoms with van der Waals surface area (Å²) < 4.78 is 0. The molecule has 0 aromatic heterocycles. The molecule has 3 heteroatoms. The molecule has 0 bridgehead atoms. The number of hydrogen-bond donors (Lipinski definition) is 1. The SMILES string of the molecule is N#CC1(c2ccccc2-c2ccc(C(=O)O)cc2)CC1. The monoisotopic (exact) mass is 263 g/mol. The third kappa shape index (κ3) is 1.96. The minimum atomic E-state index is -0.930. The third-order valence-electron chi connectivity index (χ3n) is 3.85. The number of carboxylic acids is 1. The molecular weight excluding hydrogens is 250 g/mol. The third-order valence-corrected chi connectivity index (χ3v) is 3.85. The molecule has 0 saturated heterocycles. The van der Waals surface area contributed by atoms with Crippen molar-refractivity contribution in [2.75, 3.05) is 0 Å². The van der Waals surface area contributed by atoms with Crippen LogP contribution < -0.4 is 0 Å². The van der Waals surface area contributed by atoms with Gasteiger partial charge in [0.15, 0.2) is 0 Å². The minimum absolute atomic E-state index is 0.271. The normalized spacial score (nSPS) is 15.3. The molecule has 2 aromatic rings. The predicted octanol–water partition coefficient (Wildman–Crippen LogP) is 3.61. The summed E-state index contributed by atoms with van der Waals surface area (Å²) >= 11 is 0. The van der Waals surface area contributed by atoms with E-state index in [1.165, 1.54) is 0 Å². The lowest BCUT2D eigenvalue weighted by Crippen LogP contribution is -2.04. The molecule has 20 heavy (non-hydrogen) atoms. The lowest BCUT2D eigenvalue weighted by Gasteiger charge is -2.13. The summed E-state index contributed by atoms with van der Waals surface area (Å²) in [4.78, 5) is 10.9. The van der Waals surface area contributed by atoms with Gasteiger partial charge in [0.2, 0.25) is 0 Å². The number of nitrogens with zero attached hydrogens (tertiary/aromatic N) is 1. The Morgan fingerprint density at radius 1 is 1.10 bits per heavy atom. The molecule has 0 aliphatic heterocycles. The maximum atomic E-state index is 10.9. The molecule has 3 nitrogen and oxygen atoms in total. The van der Waals surface area contributed by atoms with E-state index in [0.717, 1.165) is 29.5 Å². The van der Waals surface area contributed by atoms with Crippen molar-refractivity contribution in [3.8, 4) is 17.2 Å². The lowest BCUT2D eigenvalue weighted by atomic mass is 9.89. The highest BCUT2D eigenvalue weighted by Crippen LogP contribution is 2.50. The van der Waals surface area contributed by atoms with Gasteiger partial charge in [-0.25, -0.2) is 4.79 Å². The standard InChI is InChI=1S/C17H13NO2/c18-11-17(9-10-17)15-4-2-1-3-14(15)12-5-7-13(8-6-12)16(19)20/h1-8H,9-10H2,(H,19,20). The van der Waals surface area contributed by atoms with Crippen molar-refractivity contribution in [1.29, 1.82) is 5.26 Å². The van der Waals surface area contributed by atoms with E-state index in [2.05, 4.69) is 6.07 Å². The fourth-order valence-electron chi connectivity index (χ4n) is 2.51. The average Bonchev–Trinajstić information content (AvgIpc) is 3.28. The second-order valence-electron chi connectivity index (χ2n) is 5.12. The first-order valence-corrected chi connectivity index (χ1v) is 6.51. The van der Waals surface area contributed by atoms with E-state index in [1.807, 2.05) is 24.3 Å². The number of carbonyl (C=O) groups is 1. The van der Waals surface area contributed by atoms with Crippen LogP contribution in [0, 0.1) is 11.3 Å². The highest BCUT2D eigenvalue weighted by molar-refractivity contribution is 5.88. The number of benzene rings is 2. The number of aromatic carboxylic acids is 1. The van der Waals surface area contributed by atoms with Gasteiger partial charge < -0.3 is 5.11 Å². The van der Waals surface area contributed by atoms with Crippen LogP contribution in [-0.4, -0.2) is 11.1 Å². The molecule has 0 unspecified atom stereocenters. The molecule has 2 aromatic carbocycles. The van der Waals surface area contributed by atoms with Gasteiger partial charge in [0.25, 0.3) is 0 Å². The van der Waals surface area contributed by atoms with Crippen LogP contribution in [0.1, 0.15) is 28.8 Å². The first-order chi connectivity index (χ1) is 9.66. The van der Waals surface area contributed by atoms with Gasteiger partial charge in [0.1, 0.15) is 0 Å². The zero-order valence-electron chi connectivity index (χ0n) is 10.8. The quantitative estimate of drug-likeness (QED) is 0.920. The summed E-state index contributed by atoms with van der Waals surface area (Å²) in [6.45, 7) is 0. The summed E-state index contributed by atoms with van der Waals surface area (Å²) in [7, 11) is 0. The Balaban J connectivity index is 2.07. The summed E-state index contributed by atoms with van der Waals surface area (Å²) in [5, 5.41) is 18.3. The van der Waals surface area contributed by atoms with Crippen LogP contribution in [0.5, 0.6) is 0 Å². The highest BCUT2D eigenvalue weighted by atomic mass is 16.4. The van der Waals surface area contributed by atoms with E-state index in [0.29, 0.717) is 0 Å². The van der Waals surface area contributed by atoms with E-state index >= 15 is 0 Å². The van der Waals surface area contributed by atoms with Crippen LogP contribution in [0.25, 0.3) is 11.1 Å². The molecule has 1 aliphatic carbocycles. The van der Waals surface area contributed by atoms with Crippen molar-refractivity contribution in [2.24, 2.45) is 0 Å². The Bertz CT molecular complexity index is 707. The van der Waals surface area contributed by atoms with Gasteiger partial charge in [-0.15, -0.1) is 0 Å². The Morgan fingerprint density at radius 3 is 2.30 bits per heavy atom. The van der Waals surface area contributed by atoms with Crippen LogP contribution in [0.3, 0.4) is 0 Å². The second kappa shape index (κ2) is 4.50. The Kier molecular flexibility index (Phi) is 2.80. The molecule has 0 heterocycles. The van der Waals surface area contributed by atoms with Crippen LogP contribution in [-0.2, 0) is 5.41 Å². The molecule has 1 fully saturated rings. The maximum Gasteiger partial charge on any atom is 0.335 e. The van der Waals surface area contributed by atoms with E-state index in [4.69, 9.17) is 5.11 Å². The van der Waals surface area contributed by atoms with Crippen LogP contribution in [0.2, 0.25) is 0 Å². The van der Waals surface area contributed by atoms with Crippen molar-refractivity contribution in [2.45, 2.75) is 18.3 Å². The van der Waals surface area contributed by atoms with Crippen LogP contribution >= 0.6 is 0 Å². The number of nitriles is 1. The molecule has 0 spiro atoms. The van der Waals surface area contributed by atoms with Gasteiger partial charge in [0.05, 0.1) is 17.0 Å². The van der Waals surface area contributed by atoms with Crippen molar-refractivity contribution >= 4 is 5.97 Å². The number of rotatable bonds is 3. The predicted molar refractivity (Wildman–Crippen MR) is 75.4 cm³/mol. The zero-order chi connectivity index (χ0) is 14.2. The minimum Gasteiger partial charge on any atom is -0.478 e. The van der Waals surface area contributed by atoms with Gasteiger partial charge in [-0.3, -0.25) is 0 Å². The molecule has 0 atom stereocenters. The average molecular weight is 263 g/mol. The summed E-state index contributed by atoms with van der Waals surface area (Å²) in [6.07, 6.45) is 1.79. The summed E-state index contributed by atoms with van der Waals surface area (Å²) in [6, 6.07) is 17.1. The number of carboxylic acid groups (broad SMARTS) is 1. The van der Waals surface area contributed by atoms with Crippen molar-refractivity contribution in [1.82, 2.24) is 0 Å². The topological polar surface area (TPSA) is 61.1 Å². The van der Waals surface area contributed by atoms with E-state index in [1.54, 1.807) is 24.3 Å². The van der Waals surface area contributed by atoms with Gasteiger partial charge >= 0.3 is 5.97 Å². The molecule has 1 N–H and O–H groups in total. The maximum absolute atomic E-state index is 10.9. The lowest BCUT2D eigenvalue weighted by molar-refractivity contribution is 0.0697. The van der Waals surface area contributed by atoms with Gasteiger partial charge in [0, 0.05) is 0 Å². The van der Waals surface area contributed by atoms with Gasteiger partial charge in [-0.05, 0) is 41.7 Å². The summed E-state index contributed by atoms with van der Waals surface area (Å²) in [5.41, 5.74) is 2.94. The zero-order valence-corrected chi connectivity index (χ0v) is 10.8. The van der Waals surface area contributed by atoms with Gasteiger partial charge in [-0.1, -0.05) is 36.4 Å². The van der Waals surface area contributed by atoms with Crippen molar-refractivity contribution < 1.29 is 9.90 Å². The first kappa shape index (κ1) is 12.4. The molecule has 0 amide bonds. The fraction of sp³-hybridized carbons (Fsp3) is 0.176. The first-order valence-electron chi connectivity index (χ1n) is 6.51. The van der Waals surface area contributed by atoms with Gasteiger partial charge in [-0.2, -0.15) is 5.26 Å². The molecule has 0 radical (unpaired) electrons. The molecule has 3 rings (SSSR count). The van der Waals surface area contributed by atoms with Crippen LogP contribution in [0.4, 0.5) is 0 Å². The molecular formula is C17H13NO2. The summed E-state index contributed by atoms with van der Waals surface area (Å²) in [5.74, 6) is -0.930. The van der Waals surface area contributed by atoms with Crippen LogP contribution in [0.15, 0.2) is 48.5 Å². The second-order valence-corrected chi connectivity index (χ2v) is 5.12. The van der Waals surface area contributed by atoms with E-state index < -0.39 is 5.97 Å². The molecule has 98 valence electrons. The van der Waals surface area contributed by atoms with E-state index in [-0.39, 0.29) is 11.0 Å². The fourth-order valence-corrected chi connectivity index (χ4v) is 2.51. The molecule has 1 aliphatic rings. The Hall–Kier alpha value is -2.60. The Labute approximate surface area is 117 Å². The van der Waals surface area contributed by atoms with E-state index in [9.17, 15) is 10.1 Å². The van der Waals surface area contributed by atoms with Crippen molar-refractivity contribution in [3.63, 3.8) is 0 Å². The number of hydrogen-bond acceptors (Lipinski definition) is 2.